The zero-order valence-corrected chi connectivity index (χ0v) is 10.4. The van der Waals surface area contributed by atoms with Crippen LogP contribution in [0.3, 0.4) is 0 Å². The number of nitriles is 1. The highest BCUT2D eigenvalue weighted by Gasteiger charge is 2.08. The van der Waals surface area contributed by atoms with Crippen molar-refractivity contribution in [1.29, 1.82) is 5.26 Å². The summed E-state index contributed by atoms with van der Waals surface area (Å²) in [7, 11) is 0. The van der Waals surface area contributed by atoms with Crippen LogP contribution in [0, 0.1) is 11.3 Å². The van der Waals surface area contributed by atoms with Crippen molar-refractivity contribution in [3.8, 4) is 6.07 Å². The SMILES string of the molecule is N#Cc1ccc(NCc2cc(C(=O)O)co2)cc1Cl. The molecular weight excluding hydrogens is 268 g/mol. The van der Waals surface area contributed by atoms with Gasteiger partial charge in [0.05, 0.1) is 22.7 Å². The van der Waals surface area contributed by atoms with E-state index in [-0.39, 0.29) is 5.56 Å². The Morgan fingerprint density at radius 3 is 2.84 bits per heavy atom. The van der Waals surface area contributed by atoms with Gasteiger partial charge in [0.15, 0.2) is 0 Å². The fourth-order valence-electron chi connectivity index (χ4n) is 1.49. The van der Waals surface area contributed by atoms with E-state index in [1.807, 2.05) is 6.07 Å². The molecule has 0 bridgehead atoms. The lowest BCUT2D eigenvalue weighted by atomic mass is 10.2. The summed E-state index contributed by atoms with van der Waals surface area (Å²) in [6.45, 7) is 0.329. The van der Waals surface area contributed by atoms with Gasteiger partial charge >= 0.3 is 5.97 Å². The van der Waals surface area contributed by atoms with Crippen molar-refractivity contribution in [1.82, 2.24) is 0 Å². The second-order valence-corrected chi connectivity index (χ2v) is 4.17. The Balaban J connectivity index is 2.04. The summed E-state index contributed by atoms with van der Waals surface area (Å²) in [5, 5.41) is 20.9. The van der Waals surface area contributed by atoms with Crippen LogP contribution in [0.25, 0.3) is 0 Å². The van der Waals surface area contributed by atoms with Crippen LogP contribution in [-0.2, 0) is 6.54 Å². The standard InChI is InChI=1S/C13H9ClN2O3/c14-12-4-10(2-1-8(12)5-15)16-6-11-3-9(7-19-11)13(17)18/h1-4,7,16H,6H2,(H,17,18). The van der Waals surface area contributed by atoms with E-state index in [9.17, 15) is 4.79 Å². The zero-order chi connectivity index (χ0) is 13.8. The number of carboxylic acids is 1. The van der Waals surface area contributed by atoms with E-state index in [1.54, 1.807) is 18.2 Å². The number of halogens is 1. The van der Waals surface area contributed by atoms with Crippen molar-refractivity contribution in [2.24, 2.45) is 0 Å². The fourth-order valence-corrected chi connectivity index (χ4v) is 1.71. The second kappa shape index (κ2) is 5.46. The summed E-state index contributed by atoms with van der Waals surface area (Å²) in [6.07, 6.45) is 1.19. The Kier molecular flexibility index (Phi) is 3.74. The molecule has 6 heteroatoms. The number of hydrogen-bond acceptors (Lipinski definition) is 4. The Labute approximate surface area is 114 Å². The maximum absolute atomic E-state index is 10.7. The molecule has 0 unspecified atom stereocenters. The third-order valence-corrected chi connectivity index (χ3v) is 2.77. The van der Waals surface area contributed by atoms with Gasteiger partial charge in [-0.2, -0.15) is 5.26 Å². The highest BCUT2D eigenvalue weighted by molar-refractivity contribution is 6.32. The first kappa shape index (κ1) is 13.0. The van der Waals surface area contributed by atoms with Gasteiger partial charge in [-0.15, -0.1) is 0 Å². The summed E-state index contributed by atoms with van der Waals surface area (Å²) in [6, 6.07) is 8.36. The molecule has 2 N–H and O–H groups in total. The molecule has 19 heavy (non-hydrogen) atoms. The van der Waals surface area contributed by atoms with E-state index in [4.69, 9.17) is 26.4 Å². The number of aromatic carboxylic acids is 1. The Morgan fingerprint density at radius 1 is 1.47 bits per heavy atom. The zero-order valence-electron chi connectivity index (χ0n) is 9.68. The number of furan rings is 1. The summed E-state index contributed by atoms with van der Waals surface area (Å²) in [5.41, 5.74) is 1.23. The van der Waals surface area contributed by atoms with Gasteiger partial charge in [0, 0.05) is 5.69 Å². The van der Waals surface area contributed by atoms with Crippen LogP contribution in [0.2, 0.25) is 5.02 Å². The summed E-state index contributed by atoms with van der Waals surface area (Å²) in [5.74, 6) is -0.533. The van der Waals surface area contributed by atoms with Crippen LogP contribution in [0.15, 0.2) is 34.9 Å². The molecule has 0 atom stereocenters. The molecule has 0 saturated heterocycles. The van der Waals surface area contributed by atoms with Gasteiger partial charge in [0.25, 0.3) is 0 Å². The molecule has 0 saturated carbocycles. The number of benzene rings is 1. The van der Waals surface area contributed by atoms with Crippen molar-refractivity contribution in [2.45, 2.75) is 6.54 Å². The molecular formula is C13H9ClN2O3. The van der Waals surface area contributed by atoms with E-state index in [0.717, 1.165) is 5.69 Å². The van der Waals surface area contributed by atoms with Crippen LogP contribution in [0.1, 0.15) is 21.7 Å². The van der Waals surface area contributed by atoms with Crippen LogP contribution in [0.4, 0.5) is 5.69 Å². The van der Waals surface area contributed by atoms with E-state index in [0.29, 0.717) is 22.9 Å². The van der Waals surface area contributed by atoms with Gasteiger partial charge in [-0.1, -0.05) is 11.6 Å². The fraction of sp³-hybridized carbons (Fsp3) is 0.0769. The third-order valence-electron chi connectivity index (χ3n) is 2.46. The molecule has 0 fully saturated rings. The predicted molar refractivity (Wildman–Crippen MR) is 69.2 cm³/mol. The molecule has 0 spiro atoms. The maximum atomic E-state index is 10.7. The van der Waals surface area contributed by atoms with Gasteiger partial charge in [0.1, 0.15) is 18.1 Å². The number of hydrogen-bond donors (Lipinski definition) is 2. The number of nitrogens with zero attached hydrogens (tertiary/aromatic N) is 1. The number of carbonyl (C=O) groups is 1. The predicted octanol–water partition coefficient (Wildman–Crippen LogP) is 3.11. The van der Waals surface area contributed by atoms with Gasteiger partial charge in [0.2, 0.25) is 0 Å². The first-order chi connectivity index (χ1) is 9.10. The Morgan fingerprint density at radius 2 is 2.26 bits per heavy atom. The third kappa shape index (κ3) is 3.06. The van der Waals surface area contributed by atoms with Crippen molar-refractivity contribution in [3.63, 3.8) is 0 Å². The highest BCUT2D eigenvalue weighted by Crippen LogP contribution is 2.21. The maximum Gasteiger partial charge on any atom is 0.338 e. The van der Waals surface area contributed by atoms with Gasteiger partial charge in [-0.25, -0.2) is 4.79 Å². The molecule has 0 amide bonds. The molecule has 5 nitrogen and oxygen atoms in total. The number of anilines is 1. The molecule has 0 radical (unpaired) electrons. The average molecular weight is 277 g/mol. The van der Waals surface area contributed by atoms with E-state index >= 15 is 0 Å². The molecule has 1 aromatic carbocycles. The topological polar surface area (TPSA) is 86.3 Å². The van der Waals surface area contributed by atoms with Crippen LogP contribution in [0.5, 0.6) is 0 Å². The lowest BCUT2D eigenvalue weighted by molar-refractivity contribution is 0.0696. The normalized spacial score (nSPS) is 9.89. The molecule has 1 aromatic heterocycles. The summed E-state index contributed by atoms with van der Waals surface area (Å²) < 4.78 is 5.09. The largest absolute Gasteiger partial charge is 0.478 e. The lowest BCUT2D eigenvalue weighted by Gasteiger charge is -2.05. The second-order valence-electron chi connectivity index (χ2n) is 3.77. The Hall–Kier alpha value is -2.45. The van der Waals surface area contributed by atoms with Crippen LogP contribution in [-0.4, -0.2) is 11.1 Å². The minimum absolute atomic E-state index is 0.106. The molecule has 0 aliphatic rings. The van der Waals surface area contributed by atoms with Crippen LogP contribution < -0.4 is 5.32 Å². The van der Waals surface area contributed by atoms with Crippen molar-refractivity contribution in [3.05, 3.63) is 52.4 Å². The molecule has 96 valence electrons. The smallest absolute Gasteiger partial charge is 0.338 e. The number of rotatable bonds is 4. The minimum Gasteiger partial charge on any atom is -0.478 e. The summed E-state index contributed by atoms with van der Waals surface area (Å²) >= 11 is 5.89. The molecule has 2 aromatic rings. The molecule has 2 rings (SSSR count). The highest BCUT2D eigenvalue weighted by atomic mass is 35.5. The minimum atomic E-state index is -1.03. The van der Waals surface area contributed by atoms with Crippen molar-refractivity contribution >= 4 is 23.3 Å². The van der Waals surface area contributed by atoms with Crippen molar-refractivity contribution < 1.29 is 14.3 Å². The quantitative estimate of drug-likeness (QED) is 0.896. The number of carboxylic acid groups (broad SMARTS) is 1. The molecule has 0 aliphatic heterocycles. The van der Waals surface area contributed by atoms with E-state index < -0.39 is 5.97 Å². The Bertz CT molecular complexity index is 658. The monoisotopic (exact) mass is 276 g/mol. The van der Waals surface area contributed by atoms with Gasteiger partial charge in [-0.3, -0.25) is 0 Å². The molecule has 0 aliphatic carbocycles. The average Bonchev–Trinajstić information content (AvgIpc) is 2.85. The van der Waals surface area contributed by atoms with E-state index in [2.05, 4.69) is 5.32 Å². The number of nitrogens with one attached hydrogen (secondary N) is 1. The van der Waals surface area contributed by atoms with Gasteiger partial charge < -0.3 is 14.8 Å². The lowest BCUT2D eigenvalue weighted by Crippen LogP contribution is -1.98. The van der Waals surface area contributed by atoms with Crippen molar-refractivity contribution in [2.75, 3.05) is 5.32 Å². The molecule has 1 heterocycles. The first-order valence-corrected chi connectivity index (χ1v) is 5.72. The van der Waals surface area contributed by atoms with Crippen LogP contribution >= 0.6 is 11.6 Å². The first-order valence-electron chi connectivity index (χ1n) is 5.34. The summed E-state index contributed by atoms with van der Waals surface area (Å²) in [4.78, 5) is 10.7. The van der Waals surface area contributed by atoms with Gasteiger partial charge in [-0.05, 0) is 24.3 Å². The van der Waals surface area contributed by atoms with E-state index in [1.165, 1.54) is 12.3 Å².